The minimum absolute atomic E-state index is 0.00315. The van der Waals surface area contributed by atoms with E-state index in [1.165, 1.54) is 0 Å². The molecule has 0 fully saturated rings. The van der Waals surface area contributed by atoms with Gasteiger partial charge in [0.15, 0.2) is 5.78 Å². The molecule has 130 valence electrons. The summed E-state index contributed by atoms with van der Waals surface area (Å²) in [6.07, 6.45) is 1.07. The third kappa shape index (κ3) is 5.89. The molecule has 1 atom stereocenters. The smallest absolute Gasteiger partial charge is 0.172 e. The molecule has 1 rings (SSSR count). The first-order valence-corrected chi connectivity index (χ1v) is 8.32. The van der Waals surface area contributed by atoms with Gasteiger partial charge in [0.1, 0.15) is 11.5 Å². The molecule has 0 bridgehead atoms. The van der Waals surface area contributed by atoms with E-state index in [2.05, 4.69) is 27.7 Å². The molecule has 0 aliphatic heterocycles. The van der Waals surface area contributed by atoms with Crippen molar-refractivity contribution in [1.29, 1.82) is 0 Å². The molecule has 1 aromatic rings. The van der Waals surface area contributed by atoms with Gasteiger partial charge >= 0.3 is 0 Å². The van der Waals surface area contributed by atoms with E-state index in [1.54, 1.807) is 6.07 Å². The van der Waals surface area contributed by atoms with Gasteiger partial charge in [0.05, 0.1) is 12.2 Å². The maximum Gasteiger partial charge on any atom is 0.172 e. The Labute approximate surface area is 141 Å². The lowest BCUT2D eigenvalue weighted by molar-refractivity contribution is 0.0854. The summed E-state index contributed by atoms with van der Waals surface area (Å²) >= 11 is 0. The topological polar surface area (TPSA) is 46.5 Å². The van der Waals surface area contributed by atoms with Crippen molar-refractivity contribution in [2.24, 2.45) is 16.7 Å². The van der Waals surface area contributed by atoms with Crippen molar-refractivity contribution >= 4 is 5.78 Å². The van der Waals surface area contributed by atoms with Crippen LogP contribution in [0, 0.1) is 23.7 Å². The first-order chi connectivity index (χ1) is 10.3. The van der Waals surface area contributed by atoms with Gasteiger partial charge in [-0.05, 0) is 36.3 Å². The number of ether oxygens (including phenoxy) is 1. The predicted molar refractivity (Wildman–Crippen MR) is 95.4 cm³/mol. The van der Waals surface area contributed by atoms with Crippen molar-refractivity contribution in [2.45, 2.75) is 61.8 Å². The zero-order valence-electron chi connectivity index (χ0n) is 15.9. The molecule has 0 amide bonds. The van der Waals surface area contributed by atoms with Gasteiger partial charge in [0.2, 0.25) is 0 Å². The number of phenolic OH excluding ortho intramolecular Hbond substituents is 1. The van der Waals surface area contributed by atoms with E-state index in [4.69, 9.17) is 4.74 Å². The molecule has 0 saturated carbocycles. The van der Waals surface area contributed by atoms with E-state index < -0.39 is 5.41 Å². The van der Waals surface area contributed by atoms with Gasteiger partial charge in [-0.3, -0.25) is 4.79 Å². The molecule has 0 heterocycles. The van der Waals surface area contributed by atoms with Crippen LogP contribution in [-0.4, -0.2) is 17.5 Å². The average Bonchev–Trinajstić information content (AvgIpc) is 2.32. The Balaban J connectivity index is 2.87. The van der Waals surface area contributed by atoms with Gasteiger partial charge in [0.25, 0.3) is 0 Å². The van der Waals surface area contributed by atoms with Crippen molar-refractivity contribution < 1.29 is 14.6 Å². The lowest BCUT2D eigenvalue weighted by Crippen LogP contribution is -2.21. The van der Waals surface area contributed by atoms with Crippen LogP contribution in [-0.2, 0) is 0 Å². The molecule has 1 N–H and O–H groups in total. The van der Waals surface area contributed by atoms with Gasteiger partial charge in [-0.25, -0.2) is 0 Å². The molecule has 0 radical (unpaired) electrons. The number of carbonyl (C=O) groups excluding carboxylic acids is 1. The maximum atomic E-state index is 12.4. The molecular weight excluding hydrogens is 288 g/mol. The standard InChI is InChI=1S/C20H32O3/c1-13(11-19(3,4)5)12-23-15-9-14(2)17(16(21)10-15)18(22)20(6,7)8/h9-10,13,21H,11-12H2,1-8H3. The minimum Gasteiger partial charge on any atom is -0.507 e. The van der Waals surface area contributed by atoms with Gasteiger partial charge in [-0.2, -0.15) is 0 Å². The fourth-order valence-electron chi connectivity index (χ4n) is 2.83. The fraction of sp³-hybridized carbons (Fsp3) is 0.650. The summed E-state index contributed by atoms with van der Waals surface area (Å²) < 4.78 is 5.82. The second kappa shape index (κ2) is 6.94. The summed E-state index contributed by atoms with van der Waals surface area (Å²) in [5.41, 5.74) is 0.895. The van der Waals surface area contributed by atoms with Crippen LogP contribution in [0.2, 0.25) is 0 Å². The molecule has 1 unspecified atom stereocenters. The van der Waals surface area contributed by atoms with Gasteiger partial charge in [0, 0.05) is 11.5 Å². The quantitative estimate of drug-likeness (QED) is 0.741. The van der Waals surface area contributed by atoms with Crippen molar-refractivity contribution in [3.8, 4) is 11.5 Å². The van der Waals surface area contributed by atoms with Crippen LogP contribution < -0.4 is 4.74 Å². The summed E-state index contributed by atoms with van der Waals surface area (Å²) in [6.45, 7) is 16.8. The summed E-state index contributed by atoms with van der Waals surface area (Å²) in [5.74, 6) is 0.989. The zero-order chi connectivity index (χ0) is 18.0. The molecule has 23 heavy (non-hydrogen) atoms. The van der Waals surface area contributed by atoms with Gasteiger partial charge < -0.3 is 9.84 Å². The van der Waals surface area contributed by atoms with Gasteiger partial charge in [-0.15, -0.1) is 0 Å². The highest BCUT2D eigenvalue weighted by molar-refractivity contribution is 6.03. The van der Waals surface area contributed by atoms with Crippen LogP contribution in [0.25, 0.3) is 0 Å². The van der Waals surface area contributed by atoms with E-state index in [-0.39, 0.29) is 16.9 Å². The average molecular weight is 320 g/mol. The van der Waals surface area contributed by atoms with E-state index in [1.807, 2.05) is 33.8 Å². The molecule has 0 aromatic heterocycles. The number of rotatable bonds is 5. The van der Waals surface area contributed by atoms with E-state index in [0.29, 0.717) is 23.8 Å². The highest BCUT2D eigenvalue weighted by atomic mass is 16.5. The van der Waals surface area contributed by atoms with Crippen molar-refractivity contribution in [3.63, 3.8) is 0 Å². The maximum absolute atomic E-state index is 12.4. The fourth-order valence-corrected chi connectivity index (χ4v) is 2.83. The summed E-state index contributed by atoms with van der Waals surface area (Å²) in [5, 5.41) is 10.3. The number of benzene rings is 1. The van der Waals surface area contributed by atoms with E-state index in [0.717, 1.165) is 12.0 Å². The van der Waals surface area contributed by atoms with Crippen LogP contribution in [0.4, 0.5) is 0 Å². The third-order valence-electron chi connectivity index (χ3n) is 3.69. The van der Waals surface area contributed by atoms with Crippen molar-refractivity contribution in [3.05, 3.63) is 23.3 Å². The molecular formula is C20H32O3. The highest BCUT2D eigenvalue weighted by Gasteiger charge is 2.27. The monoisotopic (exact) mass is 320 g/mol. The normalized spacial score (nSPS) is 13.7. The molecule has 3 nitrogen and oxygen atoms in total. The number of Topliss-reactive ketones (excluding diaryl/α,β-unsaturated/α-hetero) is 1. The number of aryl methyl sites for hydroxylation is 1. The molecule has 3 heteroatoms. The second-order valence-corrected chi connectivity index (χ2v) is 8.89. The largest absolute Gasteiger partial charge is 0.507 e. The van der Waals surface area contributed by atoms with Gasteiger partial charge in [-0.1, -0.05) is 48.5 Å². The Kier molecular flexibility index (Phi) is 5.89. The Hall–Kier alpha value is -1.51. The van der Waals surface area contributed by atoms with Crippen LogP contribution in [0.5, 0.6) is 11.5 Å². The number of carbonyl (C=O) groups is 1. The van der Waals surface area contributed by atoms with Crippen molar-refractivity contribution in [2.75, 3.05) is 6.61 Å². The van der Waals surface area contributed by atoms with E-state index in [9.17, 15) is 9.90 Å². The first kappa shape index (κ1) is 19.5. The van der Waals surface area contributed by atoms with Crippen molar-refractivity contribution in [1.82, 2.24) is 0 Å². The Bertz CT molecular complexity index is 536. The summed E-state index contributed by atoms with van der Waals surface area (Å²) in [4.78, 5) is 12.4. The highest BCUT2D eigenvalue weighted by Crippen LogP contribution is 2.33. The Morgan fingerprint density at radius 1 is 1.17 bits per heavy atom. The van der Waals surface area contributed by atoms with Crippen LogP contribution in [0.3, 0.4) is 0 Å². The van der Waals surface area contributed by atoms with Crippen LogP contribution in [0.1, 0.15) is 70.8 Å². The number of ketones is 1. The molecule has 1 aromatic carbocycles. The molecule has 0 aliphatic carbocycles. The summed E-state index contributed by atoms with van der Waals surface area (Å²) in [7, 11) is 0. The Morgan fingerprint density at radius 2 is 1.74 bits per heavy atom. The van der Waals surface area contributed by atoms with Crippen LogP contribution >= 0.6 is 0 Å². The molecule has 0 saturated heterocycles. The number of hydrogen-bond acceptors (Lipinski definition) is 3. The molecule has 0 spiro atoms. The number of phenols is 1. The SMILES string of the molecule is Cc1cc(OCC(C)CC(C)(C)C)cc(O)c1C(=O)C(C)(C)C. The molecule has 0 aliphatic rings. The van der Waals surface area contributed by atoms with Crippen LogP contribution in [0.15, 0.2) is 12.1 Å². The first-order valence-electron chi connectivity index (χ1n) is 8.32. The van der Waals surface area contributed by atoms with E-state index >= 15 is 0 Å². The summed E-state index contributed by atoms with van der Waals surface area (Å²) in [6, 6.07) is 3.39. The number of aromatic hydroxyl groups is 1. The zero-order valence-corrected chi connectivity index (χ0v) is 15.9. The second-order valence-electron chi connectivity index (χ2n) is 8.89. The third-order valence-corrected chi connectivity index (χ3v) is 3.69. The lowest BCUT2D eigenvalue weighted by atomic mass is 9.84. The Morgan fingerprint density at radius 3 is 2.17 bits per heavy atom. The lowest BCUT2D eigenvalue weighted by Gasteiger charge is -2.24. The predicted octanol–water partition coefficient (Wildman–Crippen LogP) is 5.38. The minimum atomic E-state index is -0.522. The number of hydrogen-bond donors (Lipinski definition) is 1.